The van der Waals surface area contributed by atoms with Crippen LogP contribution in [0.1, 0.15) is 11.1 Å². The van der Waals surface area contributed by atoms with Gasteiger partial charge in [0.25, 0.3) is 10.1 Å². The van der Waals surface area contributed by atoms with Crippen LogP contribution in [0.4, 0.5) is 0 Å². The van der Waals surface area contributed by atoms with E-state index in [0.29, 0.717) is 17.5 Å². The molecule has 0 saturated heterocycles. The van der Waals surface area contributed by atoms with Crippen molar-refractivity contribution in [2.24, 2.45) is 0 Å². The minimum atomic E-state index is -4.49. The molecular formula is C13H9Cl3O4S. The summed E-state index contributed by atoms with van der Waals surface area (Å²) in [6, 6.07) is 7.12. The molecule has 0 amide bonds. The predicted octanol–water partition coefficient (Wildman–Crippen LogP) is 4.19. The van der Waals surface area contributed by atoms with E-state index < -0.39 is 20.8 Å². The Kier molecular flexibility index (Phi) is 4.70. The van der Waals surface area contributed by atoms with Crippen molar-refractivity contribution in [1.82, 2.24) is 0 Å². The summed E-state index contributed by atoms with van der Waals surface area (Å²) in [7, 11) is -4.49. The van der Waals surface area contributed by atoms with Crippen molar-refractivity contribution in [2.75, 3.05) is 0 Å². The normalized spacial score (nSPS) is 11.6. The maximum Gasteiger partial charge on any atom is 0.298 e. The smallest absolute Gasteiger partial charge is 0.298 e. The molecule has 8 heteroatoms. The third kappa shape index (κ3) is 3.81. The third-order valence-electron chi connectivity index (χ3n) is 2.75. The van der Waals surface area contributed by atoms with Crippen molar-refractivity contribution in [2.45, 2.75) is 11.3 Å². The monoisotopic (exact) mass is 366 g/mol. The van der Waals surface area contributed by atoms with Crippen LogP contribution in [0, 0.1) is 0 Å². The molecule has 21 heavy (non-hydrogen) atoms. The lowest BCUT2D eigenvalue weighted by Gasteiger charge is -2.08. The zero-order valence-corrected chi connectivity index (χ0v) is 13.4. The first-order chi connectivity index (χ1) is 9.68. The summed E-state index contributed by atoms with van der Waals surface area (Å²) in [6.45, 7) is 0. The van der Waals surface area contributed by atoms with Crippen molar-refractivity contribution in [3.8, 4) is 5.75 Å². The molecule has 0 heterocycles. The van der Waals surface area contributed by atoms with Gasteiger partial charge < -0.3 is 5.11 Å². The Morgan fingerprint density at radius 2 is 1.52 bits per heavy atom. The summed E-state index contributed by atoms with van der Waals surface area (Å²) in [4.78, 5) is -0.550. The van der Waals surface area contributed by atoms with Crippen LogP contribution in [-0.2, 0) is 16.5 Å². The molecule has 0 atom stereocenters. The molecule has 0 aliphatic rings. The van der Waals surface area contributed by atoms with Crippen molar-refractivity contribution < 1.29 is 18.1 Å². The van der Waals surface area contributed by atoms with Gasteiger partial charge in [0.2, 0.25) is 0 Å². The number of aromatic hydroxyl groups is 1. The molecule has 112 valence electrons. The Morgan fingerprint density at radius 3 is 2.05 bits per heavy atom. The molecule has 0 saturated carbocycles. The lowest BCUT2D eigenvalue weighted by molar-refractivity contribution is 0.443. The molecule has 4 nitrogen and oxygen atoms in total. The van der Waals surface area contributed by atoms with Gasteiger partial charge in [-0.05, 0) is 41.8 Å². The fourth-order valence-corrected chi connectivity index (χ4v) is 3.09. The first-order valence-electron chi connectivity index (χ1n) is 5.61. The number of rotatable bonds is 3. The van der Waals surface area contributed by atoms with Crippen LogP contribution >= 0.6 is 34.8 Å². The number of halogens is 3. The van der Waals surface area contributed by atoms with Crippen LogP contribution in [0.25, 0.3) is 0 Å². The fourth-order valence-electron chi connectivity index (χ4n) is 1.82. The van der Waals surface area contributed by atoms with E-state index >= 15 is 0 Å². The maximum atomic E-state index is 11.1. The number of benzene rings is 2. The van der Waals surface area contributed by atoms with Gasteiger partial charge in [0.1, 0.15) is 10.6 Å². The summed E-state index contributed by atoms with van der Waals surface area (Å²) in [5.74, 6) is -0.520. The molecule has 2 N–H and O–H groups in total. The maximum absolute atomic E-state index is 11.1. The number of phenolic OH excluding ortho intramolecular Hbond substituents is 1. The number of phenols is 1. The minimum Gasteiger partial charge on any atom is -0.506 e. The minimum absolute atomic E-state index is 0.242. The van der Waals surface area contributed by atoms with Gasteiger partial charge in [0, 0.05) is 0 Å². The van der Waals surface area contributed by atoms with Crippen LogP contribution in [0.15, 0.2) is 35.2 Å². The molecule has 0 aromatic heterocycles. The first-order valence-corrected chi connectivity index (χ1v) is 8.18. The van der Waals surface area contributed by atoms with Crippen molar-refractivity contribution in [1.29, 1.82) is 0 Å². The van der Waals surface area contributed by atoms with Gasteiger partial charge >= 0.3 is 0 Å². The second-order valence-corrected chi connectivity index (χ2v) is 6.91. The summed E-state index contributed by atoms with van der Waals surface area (Å²) in [5.41, 5.74) is 1.26. The molecular weight excluding hydrogens is 359 g/mol. The summed E-state index contributed by atoms with van der Waals surface area (Å²) < 4.78 is 31.3. The lowest BCUT2D eigenvalue weighted by atomic mass is 10.0. The van der Waals surface area contributed by atoms with Gasteiger partial charge in [0.15, 0.2) is 0 Å². The molecule has 0 aliphatic heterocycles. The van der Waals surface area contributed by atoms with Gasteiger partial charge in [-0.1, -0.05) is 40.9 Å². The molecule has 2 aromatic carbocycles. The lowest BCUT2D eigenvalue weighted by Crippen LogP contribution is -2.00. The number of hydrogen-bond acceptors (Lipinski definition) is 3. The van der Waals surface area contributed by atoms with E-state index in [0.717, 1.165) is 0 Å². The average molecular weight is 368 g/mol. The van der Waals surface area contributed by atoms with Crippen LogP contribution < -0.4 is 0 Å². The van der Waals surface area contributed by atoms with Gasteiger partial charge in [-0.15, -0.1) is 0 Å². The predicted molar refractivity (Wildman–Crippen MR) is 82.2 cm³/mol. The van der Waals surface area contributed by atoms with Crippen LogP contribution in [0.5, 0.6) is 5.75 Å². The highest BCUT2D eigenvalue weighted by atomic mass is 35.5. The standard InChI is InChI=1S/C13H9Cl3O4S/c14-9-4-8(5-10(15)13(9)16)3-7-1-2-11(17)12(6-7)21(18,19)20/h1-2,4-6,17H,3H2,(H,18,19,20). The zero-order chi connectivity index (χ0) is 15.8. The Morgan fingerprint density at radius 1 is 0.952 bits per heavy atom. The highest BCUT2D eigenvalue weighted by Gasteiger charge is 2.16. The summed E-state index contributed by atoms with van der Waals surface area (Å²) in [6.07, 6.45) is 0.305. The highest BCUT2D eigenvalue weighted by molar-refractivity contribution is 7.86. The fraction of sp³-hybridized carbons (Fsp3) is 0.0769. The molecule has 2 aromatic rings. The summed E-state index contributed by atoms with van der Waals surface area (Å²) >= 11 is 17.7. The quantitative estimate of drug-likeness (QED) is 0.630. The first kappa shape index (κ1) is 16.4. The molecule has 0 radical (unpaired) electrons. The van der Waals surface area contributed by atoms with Crippen LogP contribution in [0.2, 0.25) is 15.1 Å². The van der Waals surface area contributed by atoms with Gasteiger partial charge in [0.05, 0.1) is 15.1 Å². The largest absolute Gasteiger partial charge is 0.506 e. The zero-order valence-electron chi connectivity index (χ0n) is 10.3. The molecule has 0 spiro atoms. The molecule has 2 rings (SSSR count). The van der Waals surface area contributed by atoms with E-state index in [1.165, 1.54) is 18.2 Å². The van der Waals surface area contributed by atoms with E-state index in [9.17, 15) is 13.5 Å². The van der Waals surface area contributed by atoms with Crippen LogP contribution in [-0.4, -0.2) is 18.1 Å². The Balaban J connectivity index is 2.41. The van der Waals surface area contributed by atoms with E-state index in [-0.39, 0.29) is 15.1 Å². The topological polar surface area (TPSA) is 74.6 Å². The highest BCUT2D eigenvalue weighted by Crippen LogP contribution is 2.32. The second-order valence-electron chi connectivity index (χ2n) is 4.33. The van der Waals surface area contributed by atoms with Gasteiger partial charge in [-0.2, -0.15) is 8.42 Å². The van der Waals surface area contributed by atoms with Gasteiger partial charge in [-0.25, -0.2) is 0 Å². The number of hydrogen-bond donors (Lipinski definition) is 2. The van der Waals surface area contributed by atoms with E-state index in [2.05, 4.69) is 0 Å². The average Bonchev–Trinajstić information content (AvgIpc) is 2.37. The van der Waals surface area contributed by atoms with Crippen molar-refractivity contribution >= 4 is 44.9 Å². The molecule has 0 aliphatic carbocycles. The second kappa shape index (κ2) is 6.02. The molecule has 0 unspecified atom stereocenters. The van der Waals surface area contributed by atoms with Crippen molar-refractivity contribution in [3.63, 3.8) is 0 Å². The van der Waals surface area contributed by atoms with Gasteiger partial charge in [-0.3, -0.25) is 4.55 Å². The SMILES string of the molecule is O=S(=O)(O)c1cc(Cc2cc(Cl)c(Cl)c(Cl)c2)ccc1O. The van der Waals surface area contributed by atoms with E-state index in [4.69, 9.17) is 39.4 Å². The molecule has 0 bridgehead atoms. The Bertz CT molecular complexity index is 780. The molecule has 0 fully saturated rings. The van der Waals surface area contributed by atoms with Crippen molar-refractivity contribution in [3.05, 3.63) is 56.5 Å². The van der Waals surface area contributed by atoms with Crippen LogP contribution in [0.3, 0.4) is 0 Å². The third-order valence-corrected chi connectivity index (χ3v) is 4.83. The van der Waals surface area contributed by atoms with E-state index in [1.807, 2.05) is 0 Å². The summed E-state index contributed by atoms with van der Waals surface area (Å²) in [5, 5.41) is 10.3. The Hall–Kier alpha value is -0.980. The Labute approximate surface area is 136 Å². The van der Waals surface area contributed by atoms with E-state index in [1.54, 1.807) is 12.1 Å².